The lowest BCUT2D eigenvalue weighted by Crippen LogP contribution is -2.34. The number of hydrogen-bond acceptors (Lipinski definition) is 1. The number of benzene rings is 1. The first kappa shape index (κ1) is 13.5. The highest BCUT2D eigenvalue weighted by atomic mass is 19.1. The van der Waals surface area contributed by atoms with E-state index in [1.54, 1.807) is 0 Å². The average Bonchev–Trinajstić information content (AvgIpc) is 2.79. The predicted molar refractivity (Wildman–Crippen MR) is 69.5 cm³/mol. The van der Waals surface area contributed by atoms with Gasteiger partial charge in [0.2, 0.25) is 0 Å². The molecule has 2 unspecified atom stereocenters. The molecule has 0 amide bonds. The SMILES string of the molecule is CCCNC1CCCC1Cc1c(F)cccc1F. The van der Waals surface area contributed by atoms with Crippen molar-refractivity contribution in [3.05, 3.63) is 35.4 Å². The van der Waals surface area contributed by atoms with Crippen LogP contribution in [0.15, 0.2) is 18.2 Å². The van der Waals surface area contributed by atoms with E-state index in [4.69, 9.17) is 0 Å². The van der Waals surface area contributed by atoms with Gasteiger partial charge in [-0.05, 0) is 50.3 Å². The van der Waals surface area contributed by atoms with E-state index in [1.807, 2.05) is 0 Å². The molecule has 0 spiro atoms. The third kappa shape index (κ3) is 3.08. The Bertz CT molecular complexity index is 372. The van der Waals surface area contributed by atoms with Gasteiger partial charge in [0, 0.05) is 11.6 Å². The number of halogens is 2. The second kappa shape index (κ2) is 6.28. The Labute approximate surface area is 108 Å². The molecule has 1 aromatic rings. The first-order valence-corrected chi connectivity index (χ1v) is 6.88. The van der Waals surface area contributed by atoms with Crippen LogP contribution in [0.1, 0.15) is 38.2 Å². The third-order valence-corrected chi connectivity index (χ3v) is 3.84. The van der Waals surface area contributed by atoms with Crippen LogP contribution >= 0.6 is 0 Å². The molecule has 1 aliphatic rings. The lowest BCUT2D eigenvalue weighted by atomic mass is 9.94. The van der Waals surface area contributed by atoms with Crippen molar-refractivity contribution < 1.29 is 8.78 Å². The molecular weight excluding hydrogens is 232 g/mol. The Balaban J connectivity index is 2.03. The Hall–Kier alpha value is -0.960. The Morgan fingerprint density at radius 1 is 1.22 bits per heavy atom. The van der Waals surface area contributed by atoms with Gasteiger partial charge in [-0.2, -0.15) is 0 Å². The van der Waals surface area contributed by atoms with Crippen molar-refractivity contribution in [2.24, 2.45) is 5.92 Å². The Morgan fingerprint density at radius 3 is 2.61 bits per heavy atom. The van der Waals surface area contributed by atoms with Crippen LogP contribution in [0.25, 0.3) is 0 Å². The smallest absolute Gasteiger partial charge is 0.129 e. The average molecular weight is 253 g/mol. The second-order valence-corrected chi connectivity index (χ2v) is 5.16. The van der Waals surface area contributed by atoms with E-state index in [1.165, 1.54) is 18.2 Å². The maximum absolute atomic E-state index is 13.6. The zero-order valence-electron chi connectivity index (χ0n) is 10.9. The van der Waals surface area contributed by atoms with Crippen LogP contribution < -0.4 is 5.32 Å². The third-order valence-electron chi connectivity index (χ3n) is 3.84. The number of hydrogen-bond donors (Lipinski definition) is 1. The molecule has 3 heteroatoms. The van der Waals surface area contributed by atoms with Crippen LogP contribution in [0.4, 0.5) is 8.78 Å². The van der Waals surface area contributed by atoms with E-state index in [9.17, 15) is 8.78 Å². The summed E-state index contributed by atoms with van der Waals surface area (Å²) >= 11 is 0. The molecular formula is C15H21F2N. The highest BCUT2D eigenvalue weighted by Crippen LogP contribution is 2.30. The van der Waals surface area contributed by atoms with Gasteiger partial charge in [-0.15, -0.1) is 0 Å². The van der Waals surface area contributed by atoms with E-state index in [0.29, 0.717) is 18.4 Å². The van der Waals surface area contributed by atoms with Crippen LogP contribution in [0.3, 0.4) is 0 Å². The Morgan fingerprint density at radius 2 is 1.94 bits per heavy atom. The largest absolute Gasteiger partial charge is 0.314 e. The fourth-order valence-corrected chi connectivity index (χ4v) is 2.87. The standard InChI is InChI=1S/C15H21F2N/c1-2-9-18-15-8-3-5-11(15)10-12-13(16)6-4-7-14(12)17/h4,6-7,11,15,18H,2-3,5,8-10H2,1H3. The molecule has 2 atom stereocenters. The number of nitrogens with one attached hydrogen (secondary N) is 1. The maximum atomic E-state index is 13.6. The van der Waals surface area contributed by atoms with Crippen molar-refractivity contribution >= 4 is 0 Å². The van der Waals surface area contributed by atoms with Gasteiger partial charge in [0.25, 0.3) is 0 Å². The van der Waals surface area contributed by atoms with Crippen molar-refractivity contribution in [3.8, 4) is 0 Å². The van der Waals surface area contributed by atoms with Crippen molar-refractivity contribution in [1.29, 1.82) is 0 Å². The summed E-state index contributed by atoms with van der Waals surface area (Å²) in [6.45, 7) is 3.12. The molecule has 0 aliphatic heterocycles. The summed E-state index contributed by atoms with van der Waals surface area (Å²) in [5, 5.41) is 3.50. The minimum absolute atomic E-state index is 0.257. The summed E-state index contributed by atoms with van der Waals surface area (Å²) in [4.78, 5) is 0. The monoisotopic (exact) mass is 253 g/mol. The van der Waals surface area contributed by atoms with Gasteiger partial charge >= 0.3 is 0 Å². The quantitative estimate of drug-likeness (QED) is 0.844. The summed E-state index contributed by atoms with van der Waals surface area (Å²) in [6.07, 6.45) is 4.95. The lowest BCUT2D eigenvalue weighted by molar-refractivity contribution is 0.388. The molecule has 0 saturated heterocycles. The van der Waals surface area contributed by atoms with Crippen LogP contribution in [0, 0.1) is 17.6 Å². The lowest BCUT2D eigenvalue weighted by Gasteiger charge is -2.21. The molecule has 1 saturated carbocycles. The molecule has 1 fully saturated rings. The zero-order chi connectivity index (χ0) is 13.0. The van der Waals surface area contributed by atoms with Gasteiger partial charge in [0.1, 0.15) is 11.6 Å². The van der Waals surface area contributed by atoms with E-state index >= 15 is 0 Å². The van der Waals surface area contributed by atoms with Gasteiger partial charge in [0.15, 0.2) is 0 Å². The van der Waals surface area contributed by atoms with Crippen molar-refractivity contribution in [1.82, 2.24) is 5.32 Å². The minimum atomic E-state index is -0.406. The fraction of sp³-hybridized carbons (Fsp3) is 0.600. The topological polar surface area (TPSA) is 12.0 Å². The number of rotatable bonds is 5. The molecule has 18 heavy (non-hydrogen) atoms. The van der Waals surface area contributed by atoms with Crippen molar-refractivity contribution in [2.45, 2.75) is 45.1 Å². The van der Waals surface area contributed by atoms with Gasteiger partial charge in [0.05, 0.1) is 0 Å². The first-order chi connectivity index (χ1) is 8.72. The molecule has 1 N–H and O–H groups in total. The van der Waals surface area contributed by atoms with Gasteiger partial charge in [-0.1, -0.05) is 19.4 Å². The minimum Gasteiger partial charge on any atom is -0.314 e. The summed E-state index contributed by atoms with van der Waals surface area (Å²) in [5.74, 6) is -0.449. The Kier molecular flexibility index (Phi) is 4.70. The van der Waals surface area contributed by atoms with Gasteiger partial charge in [-0.25, -0.2) is 8.78 Å². The summed E-state index contributed by atoms with van der Waals surface area (Å²) < 4.78 is 27.2. The fourth-order valence-electron chi connectivity index (χ4n) is 2.87. The van der Waals surface area contributed by atoms with E-state index in [-0.39, 0.29) is 5.56 Å². The van der Waals surface area contributed by atoms with Crippen LogP contribution in [0.5, 0.6) is 0 Å². The first-order valence-electron chi connectivity index (χ1n) is 6.88. The normalized spacial score (nSPS) is 23.5. The molecule has 0 bridgehead atoms. The highest BCUT2D eigenvalue weighted by molar-refractivity contribution is 5.20. The zero-order valence-corrected chi connectivity index (χ0v) is 10.9. The molecule has 0 aromatic heterocycles. The molecule has 2 rings (SSSR count). The van der Waals surface area contributed by atoms with E-state index in [0.717, 1.165) is 32.2 Å². The van der Waals surface area contributed by atoms with Gasteiger partial charge < -0.3 is 5.32 Å². The van der Waals surface area contributed by atoms with Crippen LogP contribution in [0.2, 0.25) is 0 Å². The van der Waals surface area contributed by atoms with E-state index in [2.05, 4.69) is 12.2 Å². The molecule has 0 heterocycles. The van der Waals surface area contributed by atoms with Crippen LogP contribution in [-0.2, 0) is 6.42 Å². The maximum Gasteiger partial charge on any atom is 0.129 e. The van der Waals surface area contributed by atoms with E-state index < -0.39 is 11.6 Å². The van der Waals surface area contributed by atoms with Crippen LogP contribution in [-0.4, -0.2) is 12.6 Å². The van der Waals surface area contributed by atoms with Gasteiger partial charge in [-0.3, -0.25) is 0 Å². The molecule has 100 valence electrons. The predicted octanol–water partition coefficient (Wildman–Crippen LogP) is 3.68. The second-order valence-electron chi connectivity index (χ2n) is 5.16. The molecule has 0 radical (unpaired) electrons. The molecule has 1 aliphatic carbocycles. The summed E-state index contributed by atoms with van der Waals surface area (Å²) in [7, 11) is 0. The molecule has 1 nitrogen and oxygen atoms in total. The summed E-state index contributed by atoms with van der Waals surface area (Å²) in [6, 6.07) is 4.54. The van der Waals surface area contributed by atoms with Crippen molar-refractivity contribution in [3.63, 3.8) is 0 Å². The molecule has 1 aromatic carbocycles. The highest BCUT2D eigenvalue weighted by Gasteiger charge is 2.28. The summed E-state index contributed by atoms with van der Waals surface area (Å²) in [5.41, 5.74) is 0.257. The van der Waals surface area contributed by atoms with Crippen molar-refractivity contribution in [2.75, 3.05) is 6.54 Å².